The number of carbonyl (C=O) groups is 1. The maximum absolute atomic E-state index is 12.6. The van der Waals surface area contributed by atoms with E-state index in [9.17, 15) is 13.2 Å². The van der Waals surface area contributed by atoms with E-state index >= 15 is 0 Å². The molecule has 0 aliphatic heterocycles. The van der Waals surface area contributed by atoms with Gasteiger partial charge < -0.3 is 10.1 Å². The number of carbonyl (C=O) groups excluding carboxylic acids is 1. The number of hydrogen-bond donors (Lipinski definition) is 2. The highest BCUT2D eigenvalue weighted by Crippen LogP contribution is 2.25. The third-order valence-corrected chi connectivity index (χ3v) is 7.42. The minimum atomic E-state index is -3.76. The van der Waals surface area contributed by atoms with Crippen molar-refractivity contribution in [2.45, 2.75) is 10.6 Å². The average Bonchev–Trinajstić information content (AvgIpc) is 2.77. The molecule has 2 N–H and O–H groups in total. The third-order valence-electron chi connectivity index (χ3n) is 4.28. The van der Waals surface area contributed by atoms with Crippen LogP contribution in [0.25, 0.3) is 0 Å². The second kappa shape index (κ2) is 11.0. The molecular weight excluding hydrogens is 491 g/mol. The Labute approximate surface area is 201 Å². The molecule has 168 valence electrons. The fourth-order valence-electron chi connectivity index (χ4n) is 2.68. The van der Waals surface area contributed by atoms with Crippen molar-refractivity contribution in [3.8, 4) is 5.75 Å². The van der Waals surface area contributed by atoms with Gasteiger partial charge in [-0.2, -0.15) is 0 Å². The smallest absolute Gasteiger partial charge is 0.261 e. The molecule has 0 fully saturated rings. The number of anilines is 2. The van der Waals surface area contributed by atoms with Gasteiger partial charge in [0.25, 0.3) is 10.0 Å². The van der Waals surface area contributed by atoms with E-state index in [4.69, 9.17) is 27.9 Å². The van der Waals surface area contributed by atoms with Crippen molar-refractivity contribution < 1.29 is 17.9 Å². The Hall–Kier alpha value is -2.39. The molecule has 6 nitrogen and oxygen atoms in total. The van der Waals surface area contributed by atoms with Gasteiger partial charge in [0.1, 0.15) is 5.75 Å². The molecule has 0 bridgehead atoms. The summed E-state index contributed by atoms with van der Waals surface area (Å²) in [4.78, 5) is 12.3. The van der Waals surface area contributed by atoms with Gasteiger partial charge in [0.15, 0.2) is 0 Å². The van der Waals surface area contributed by atoms with Gasteiger partial charge in [0.2, 0.25) is 5.91 Å². The molecule has 1 amide bonds. The predicted molar refractivity (Wildman–Crippen MR) is 131 cm³/mol. The number of hydrogen-bond acceptors (Lipinski definition) is 5. The van der Waals surface area contributed by atoms with Crippen LogP contribution in [0.1, 0.15) is 5.56 Å². The molecule has 0 radical (unpaired) electrons. The van der Waals surface area contributed by atoms with Gasteiger partial charge in [-0.05, 0) is 66.2 Å². The summed E-state index contributed by atoms with van der Waals surface area (Å²) in [6.45, 7) is 0. The van der Waals surface area contributed by atoms with Gasteiger partial charge in [-0.25, -0.2) is 8.42 Å². The standard InChI is InChI=1S/C22H20Cl2N2O4S2/c1-30-18-7-3-17(4-8-18)26-32(28,29)19-9-5-16(6-10-19)25-22(27)14-31-13-15-2-11-20(23)21(24)12-15/h2-12,26H,13-14H2,1H3,(H,25,27). The summed E-state index contributed by atoms with van der Waals surface area (Å²) >= 11 is 13.3. The Kier molecular flexibility index (Phi) is 8.31. The molecule has 3 rings (SSSR count). The molecule has 3 aromatic carbocycles. The molecule has 0 heterocycles. The second-order valence-electron chi connectivity index (χ2n) is 6.65. The van der Waals surface area contributed by atoms with E-state index in [0.29, 0.717) is 32.9 Å². The lowest BCUT2D eigenvalue weighted by molar-refractivity contribution is -0.113. The predicted octanol–water partition coefficient (Wildman–Crippen LogP) is 5.67. The average molecular weight is 511 g/mol. The normalized spacial score (nSPS) is 11.1. The maximum Gasteiger partial charge on any atom is 0.261 e. The van der Waals surface area contributed by atoms with Crippen LogP contribution in [0.4, 0.5) is 11.4 Å². The second-order valence-corrected chi connectivity index (χ2v) is 10.1. The van der Waals surface area contributed by atoms with Gasteiger partial charge >= 0.3 is 0 Å². The van der Waals surface area contributed by atoms with Gasteiger partial charge in [-0.15, -0.1) is 11.8 Å². The Morgan fingerprint density at radius 1 is 0.938 bits per heavy atom. The SMILES string of the molecule is COc1ccc(NS(=O)(=O)c2ccc(NC(=O)CSCc3ccc(Cl)c(Cl)c3)cc2)cc1. The van der Waals surface area contributed by atoms with E-state index in [1.54, 1.807) is 48.5 Å². The first kappa shape index (κ1) is 24.3. The van der Waals surface area contributed by atoms with Crippen molar-refractivity contribution in [3.63, 3.8) is 0 Å². The van der Waals surface area contributed by atoms with Crippen molar-refractivity contribution in [1.29, 1.82) is 0 Å². The summed E-state index contributed by atoms with van der Waals surface area (Å²) in [7, 11) is -2.22. The maximum atomic E-state index is 12.6. The van der Waals surface area contributed by atoms with Crippen molar-refractivity contribution in [2.24, 2.45) is 0 Å². The van der Waals surface area contributed by atoms with Gasteiger partial charge in [0.05, 0.1) is 27.8 Å². The van der Waals surface area contributed by atoms with E-state index < -0.39 is 10.0 Å². The molecule has 3 aromatic rings. The first-order valence-corrected chi connectivity index (χ1v) is 12.7. The van der Waals surface area contributed by atoms with E-state index in [1.165, 1.54) is 31.0 Å². The van der Waals surface area contributed by atoms with Crippen LogP contribution in [0.15, 0.2) is 71.6 Å². The first-order chi connectivity index (χ1) is 15.3. The lowest BCUT2D eigenvalue weighted by Crippen LogP contribution is -2.15. The summed E-state index contributed by atoms with van der Waals surface area (Å²) < 4.78 is 32.7. The van der Waals surface area contributed by atoms with Crippen LogP contribution < -0.4 is 14.8 Å². The summed E-state index contributed by atoms with van der Waals surface area (Å²) in [5.41, 5.74) is 1.90. The molecule has 0 aliphatic carbocycles. The number of amides is 1. The number of nitrogens with one attached hydrogen (secondary N) is 2. The van der Waals surface area contributed by atoms with Crippen molar-refractivity contribution in [3.05, 3.63) is 82.3 Å². The fourth-order valence-corrected chi connectivity index (χ4v) is 4.83. The van der Waals surface area contributed by atoms with Crippen LogP contribution in [0.5, 0.6) is 5.75 Å². The van der Waals surface area contributed by atoms with E-state index in [-0.39, 0.29) is 16.6 Å². The van der Waals surface area contributed by atoms with Crippen LogP contribution in [-0.2, 0) is 20.6 Å². The number of ether oxygens (including phenoxy) is 1. The summed E-state index contributed by atoms with van der Waals surface area (Å²) in [5, 5.41) is 3.72. The van der Waals surface area contributed by atoms with Gasteiger partial charge in [-0.1, -0.05) is 29.3 Å². The number of rotatable bonds is 9. The van der Waals surface area contributed by atoms with Crippen LogP contribution in [0.2, 0.25) is 10.0 Å². The molecule has 0 saturated carbocycles. The monoisotopic (exact) mass is 510 g/mol. The molecule has 0 saturated heterocycles. The Bertz CT molecular complexity index is 1190. The fraction of sp³-hybridized carbons (Fsp3) is 0.136. The Morgan fingerprint density at radius 2 is 1.59 bits per heavy atom. The highest BCUT2D eigenvalue weighted by Gasteiger charge is 2.14. The zero-order valence-corrected chi connectivity index (χ0v) is 20.1. The van der Waals surface area contributed by atoms with Crippen LogP contribution in [0.3, 0.4) is 0 Å². The number of thioether (sulfide) groups is 1. The highest BCUT2D eigenvalue weighted by molar-refractivity contribution is 7.99. The zero-order chi connectivity index (χ0) is 23.1. The van der Waals surface area contributed by atoms with E-state index in [0.717, 1.165) is 5.56 Å². The van der Waals surface area contributed by atoms with Crippen LogP contribution in [0, 0.1) is 0 Å². The first-order valence-electron chi connectivity index (χ1n) is 9.35. The molecule has 10 heteroatoms. The largest absolute Gasteiger partial charge is 0.497 e. The number of sulfonamides is 1. The molecule has 0 spiro atoms. The van der Waals surface area contributed by atoms with Crippen LogP contribution in [-0.4, -0.2) is 27.2 Å². The summed E-state index contributed by atoms with van der Waals surface area (Å²) in [6, 6.07) is 17.9. The summed E-state index contributed by atoms with van der Waals surface area (Å²) in [5.74, 6) is 1.28. The Balaban J connectivity index is 1.52. The minimum absolute atomic E-state index is 0.0836. The topological polar surface area (TPSA) is 84.5 Å². The molecule has 0 aliphatic rings. The molecule has 0 atom stereocenters. The summed E-state index contributed by atoms with van der Waals surface area (Å²) in [6.07, 6.45) is 0. The van der Waals surface area contributed by atoms with Crippen LogP contribution >= 0.6 is 35.0 Å². The van der Waals surface area contributed by atoms with Crippen molar-refractivity contribution in [1.82, 2.24) is 0 Å². The molecule has 32 heavy (non-hydrogen) atoms. The van der Waals surface area contributed by atoms with Crippen molar-refractivity contribution in [2.75, 3.05) is 22.9 Å². The number of halogens is 2. The minimum Gasteiger partial charge on any atom is -0.497 e. The van der Waals surface area contributed by atoms with Gasteiger partial charge in [0, 0.05) is 17.1 Å². The molecular formula is C22H20Cl2N2O4S2. The molecule has 0 unspecified atom stereocenters. The highest BCUT2D eigenvalue weighted by atomic mass is 35.5. The quantitative estimate of drug-likeness (QED) is 0.387. The number of benzene rings is 3. The lowest BCUT2D eigenvalue weighted by atomic mass is 10.2. The lowest BCUT2D eigenvalue weighted by Gasteiger charge is -2.10. The van der Waals surface area contributed by atoms with E-state index in [1.807, 2.05) is 6.07 Å². The van der Waals surface area contributed by atoms with E-state index in [2.05, 4.69) is 10.0 Å². The Morgan fingerprint density at radius 3 is 2.22 bits per heavy atom. The zero-order valence-electron chi connectivity index (χ0n) is 17.0. The molecule has 0 aromatic heterocycles. The number of methoxy groups -OCH3 is 1. The van der Waals surface area contributed by atoms with Crippen molar-refractivity contribution >= 4 is 62.3 Å². The van der Waals surface area contributed by atoms with Gasteiger partial charge in [-0.3, -0.25) is 9.52 Å². The third kappa shape index (κ3) is 6.80.